The topological polar surface area (TPSA) is 41.5 Å². The van der Waals surface area contributed by atoms with Gasteiger partial charge in [-0.15, -0.1) is 0 Å². The number of phenolic OH excluding ortho intramolecular Hbond substituents is 1. The number of phenols is 1. The minimum Gasteiger partial charge on any atom is -0.504 e. The molecule has 0 heterocycles. The molecule has 0 unspecified atom stereocenters. The third-order valence-electron chi connectivity index (χ3n) is 2.97. The van der Waals surface area contributed by atoms with Crippen LogP contribution in [0.4, 0.5) is 0 Å². The lowest BCUT2D eigenvalue weighted by atomic mass is 9.98. The van der Waals surface area contributed by atoms with Crippen LogP contribution < -0.4 is 10.1 Å². The number of ether oxygens (including phenoxy) is 1. The Morgan fingerprint density at radius 3 is 2.61 bits per heavy atom. The summed E-state index contributed by atoms with van der Waals surface area (Å²) in [6.45, 7) is 9.87. The molecule has 0 aliphatic carbocycles. The van der Waals surface area contributed by atoms with Gasteiger partial charge >= 0.3 is 0 Å². The number of aromatic hydroxyl groups is 1. The van der Waals surface area contributed by atoms with Crippen molar-refractivity contribution in [2.45, 2.75) is 52.6 Å². The number of nitrogens with one attached hydrogen (secondary N) is 1. The molecule has 0 saturated heterocycles. The Hall–Kier alpha value is -1.22. The van der Waals surface area contributed by atoms with Crippen LogP contribution in [0.2, 0.25) is 0 Å². The van der Waals surface area contributed by atoms with E-state index in [0.29, 0.717) is 12.4 Å². The summed E-state index contributed by atoms with van der Waals surface area (Å²) in [6.07, 6.45) is 2.31. The Morgan fingerprint density at radius 1 is 1.28 bits per heavy atom. The summed E-state index contributed by atoms with van der Waals surface area (Å²) in [4.78, 5) is 0. The van der Waals surface area contributed by atoms with Crippen LogP contribution in [0.15, 0.2) is 18.2 Å². The van der Waals surface area contributed by atoms with Crippen molar-refractivity contribution < 1.29 is 9.84 Å². The summed E-state index contributed by atoms with van der Waals surface area (Å²) < 4.78 is 5.38. The van der Waals surface area contributed by atoms with Crippen LogP contribution in [0.25, 0.3) is 0 Å². The molecule has 0 aliphatic rings. The molecule has 0 spiro atoms. The molecule has 1 aromatic rings. The quantitative estimate of drug-likeness (QED) is 0.779. The zero-order chi connectivity index (χ0) is 13.6. The van der Waals surface area contributed by atoms with Gasteiger partial charge in [0.1, 0.15) is 0 Å². The second-order valence-electron chi connectivity index (χ2n) is 5.22. The molecule has 0 bridgehead atoms. The van der Waals surface area contributed by atoms with Crippen molar-refractivity contribution in [2.24, 2.45) is 0 Å². The maximum absolute atomic E-state index is 9.63. The predicted molar refractivity (Wildman–Crippen MR) is 75.1 cm³/mol. The summed E-state index contributed by atoms with van der Waals surface area (Å²) in [5.41, 5.74) is 1.26. The van der Waals surface area contributed by atoms with Crippen molar-refractivity contribution in [1.82, 2.24) is 5.32 Å². The van der Waals surface area contributed by atoms with Gasteiger partial charge < -0.3 is 15.2 Å². The van der Waals surface area contributed by atoms with Crippen molar-refractivity contribution in [3.8, 4) is 11.5 Å². The van der Waals surface area contributed by atoms with Crippen LogP contribution in [0.3, 0.4) is 0 Å². The number of hydrogen-bond acceptors (Lipinski definition) is 3. The Morgan fingerprint density at radius 2 is 2.00 bits per heavy atom. The minimum absolute atomic E-state index is 0.137. The molecule has 3 heteroatoms. The van der Waals surface area contributed by atoms with E-state index in [2.05, 4.69) is 26.1 Å². The van der Waals surface area contributed by atoms with E-state index < -0.39 is 0 Å². The fraction of sp³-hybridized carbons (Fsp3) is 0.600. The molecular formula is C15H25NO2. The lowest BCUT2D eigenvalue weighted by Gasteiger charge is -2.26. The third-order valence-corrected chi connectivity index (χ3v) is 2.97. The highest BCUT2D eigenvalue weighted by molar-refractivity contribution is 5.41. The third kappa shape index (κ3) is 4.57. The van der Waals surface area contributed by atoms with Gasteiger partial charge in [0.15, 0.2) is 11.5 Å². The van der Waals surface area contributed by atoms with Crippen molar-refractivity contribution in [3.63, 3.8) is 0 Å². The molecule has 18 heavy (non-hydrogen) atoms. The SMILES string of the molecule is CCCC(C)(C)NCc1ccc(O)c(OCC)c1. The van der Waals surface area contributed by atoms with Gasteiger partial charge in [0.2, 0.25) is 0 Å². The second-order valence-corrected chi connectivity index (χ2v) is 5.22. The molecule has 1 rings (SSSR count). The van der Waals surface area contributed by atoms with E-state index in [1.165, 1.54) is 6.42 Å². The van der Waals surface area contributed by atoms with Crippen molar-refractivity contribution in [1.29, 1.82) is 0 Å². The molecule has 0 aromatic heterocycles. The first-order chi connectivity index (χ1) is 8.48. The number of rotatable bonds is 7. The predicted octanol–water partition coefficient (Wildman–Crippen LogP) is 3.46. The molecule has 0 saturated carbocycles. The fourth-order valence-electron chi connectivity index (χ4n) is 1.99. The van der Waals surface area contributed by atoms with Gasteiger partial charge in [0.05, 0.1) is 6.61 Å². The van der Waals surface area contributed by atoms with Gasteiger partial charge in [-0.25, -0.2) is 0 Å². The van der Waals surface area contributed by atoms with E-state index in [0.717, 1.165) is 18.5 Å². The first-order valence-electron chi connectivity index (χ1n) is 6.68. The standard InChI is InChI=1S/C15H25NO2/c1-5-9-15(3,4)16-11-12-7-8-13(17)14(10-12)18-6-2/h7-8,10,16-17H,5-6,9,11H2,1-4H3. The largest absolute Gasteiger partial charge is 0.504 e. The molecule has 2 N–H and O–H groups in total. The first-order valence-corrected chi connectivity index (χ1v) is 6.68. The van der Waals surface area contributed by atoms with Crippen LogP contribution in [0.1, 0.15) is 46.1 Å². The van der Waals surface area contributed by atoms with Crippen LogP contribution in [0, 0.1) is 0 Å². The summed E-state index contributed by atoms with van der Waals surface area (Å²) in [7, 11) is 0. The van der Waals surface area contributed by atoms with Gasteiger partial charge in [0.25, 0.3) is 0 Å². The molecule has 1 aromatic carbocycles. The molecule has 0 radical (unpaired) electrons. The average Bonchev–Trinajstić information content (AvgIpc) is 2.30. The summed E-state index contributed by atoms with van der Waals surface area (Å²) >= 11 is 0. The normalized spacial score (nSPS) is 11.6. The Labute approximate surface area is 110 Å². The molecular weight excluding hydrogens is 226 g/mol. The van der Waals surface area contributed by atoms with Gasteiger partial charge in [-0.1, -0.05) is 19.4 Å². The zero-order valence-electron chi connectivity index (χ0n) is 11.9. The van der Waals surface area contributed by atoms with E-state index in [1.54, 1.807) is 6.07 Å². The minimum atomic E-state index is 0.137. The lowest BCUT2D eigenvalue weighted by Crippen LogP contribution is -2.38. The summed E-state index contributed by atoms with van der Waals surface area (Å²) in [6, 6.07) is 5.51. The molecule has 0 amide bonds. The number of benzene rings is 1. The van der Waals surface area contributed by atoms with Crippen LogP contribution in [-0.4, -0.2) is 17.3 Å². The highest BCUT2D eigenvalue weighted by atomic mass is 16.5. The molecule has 0 atom stereocenters. The average molecular weight is 251 g/mol. The van der Waals surface area contributed by atoms with Crippen molar-refractivity contribution >= 4 is 0 Å². The highest BCUT2D eigenvalue weighted by Gasteiger charge is 2.15. The molecule has 3 nitrogen and oxygen atoms in total. The summed E-state index contributed by atoms with van der Waals surface area (Å²) in [5.74, 6) is 0.763. The molecule has 0 fully saturated rings. The van der Waals surface area contributed by atoms with Gasteiger partial charge in [0, 0.05) is 12.1 Å². The lowest BCUT2D eigenvalue weighted by molar-refractivity contribution is 0.316. The Bertz CT molecular complexity index is 375. The van der Waals surface area contributed by atoms with Crippen molar-refractivity contribution in [2.75, 3.05) is 6.61 Å². The molecule has 0 aliphatic heterocycles. The van der Waals surface area contributed by atoms with Crippen LogP contribution in [0.5, 0.6) is 11.5 Å². The van der Waals surface area contributed by atoms with Crippen molar-refractivity contribution in [3.05, 3.63) is 23.8 Å². The van der Waals surface area contributed by atoms with E-state index in [-0.39, 0.29) is 11.3 Å². The van der Waals surface area contributed by atoms with E-state index >= 15 is 0 Å². The Balaban J connectivity index is 2.65. The number of hydrogen-bond donors (Lipinski definition) is 2. The monoisotopic (exact) mass is 251 g/mol. The Kier molecular flexibility index (Phi) is 5.48. The maximum atomic E-state index is 9.63. The van der Waals surface area contributed by atoms with Gasteiger partial charge in [-0.2, -0.15) is 0 Å². The summed E-state index contributed by atoms with van der Waals surface area (Å²) in [5, 5.41) is 13.2. The fourth-order valence-corrected chi connectivity index (χ4v) is 1.99. The molecule has 102 valence electrons. The second kappa shape index (κ2) is 6.64. The van der Waals surface area contributed by atoms with E-state index in [1.807, 2.05) is 19.1 Å². The van der Waals surface area contributed by atoms with E-state index in [9.17, 15) is 5.11 Å². The van der Waals surface area contributed by atoms with Gasteiger partial charge in [-0.05, 0) is 44.9 Å². The highest BCUT2D eigenvalue weighted by Crippen LogP contribution is 2.27. The van der Waals surface area contributed by atoms with E-state index in [4.69, 9.17) is 4.74 Å². The first kappa shape index (κ1) is 14.8. The zero-order valence-corrected chi connectivity index (χ0v) is 11.9. The van der Waals surface area contributed by atoms with Gasteiger partial charge in [-0.3, -0.25) is 0 Å². The van der Waals surface area contributed by atoms with Crippen LogP contribution in [-0.2, 0) is 6.54 Å². The smallest absolute Gasteiger partial charge is 0.161 e. The maximum Gasteiger partial charge on any atom is 0.161 e. The van der Waals surface area contributed by atoms with Crippen LogP contribution >= 0.6 is 0 Å².